The SMILES string of the molecule is O=C(O)NCc1ccc(-c2nc3ccc(C(=O)NCCCn4ccnc4)cc3nc2-c2ccccc2)cc1. The van der Waals surface area contributed by atoms with E-state index >= 15 is 0 Å². The molecule has 0 spiro atoms. The van der Waals surface area contributed by atoms with Gasteiger partial charge >= 0.3 is 6.09 Å². The summed E-state index contributed by atoms with van der Waals surface area (Å²) in [5.41, 5.74) is 5.84. The third-order valence-corrected chi connectivity index (χ3v) is 6.08. The van der Waals surface area contributed by atoms with E-state index in [0.29, 0.717) is 34.5 Å². The smallest absolute Gasteiger partial charge is 0.404 e. The van der Waals surface area contributed by atoms with E-state index in [4.69, 9.17) is 15.1 Å². The maximum absolute atomic E-state index is 12.8. The number of hydrogen-bond acceptors (Lipinski definition) is 5. The first kappa shape index (κ1) is 24.6. The van der Waals surface area contributed by atoms with Crippen LogP contribution in [0, 0.1) is 0 Å². The fourth-order valence-corrected chi connectivity index (χ4v) is 4.14. The maximum atomic E-state index is 12.8. The number of aromatic nitrogens is 4. The first-order valence-corrected chi connectivity index (χ1v) is 12.2. The van der Waals surface area contributed by atoms with Crippen molar-refractivity contribution in [3.63, 3.8) is 0 Å². The molecule has 3 aromatic carbocycles. The van der Waals surface area contributed by atoms with E-state index in [1.54, 1.807) is 24.7 Å². The highest BCUT2D eigenvalue weighted by molar-refractivity contribution is 5.98. The van der Waals surface area contributed by atoms with Gasteiger partial charge in [-0.05, 0) is 30.2 Å². The molecule has 9 nitrogen and oxygen atoms in total. The highest BCUT2D eigenvalue weighted by atomic mass is 16.4. The fraction of sp³-hybridized carbons (Fsp3) is 0.138. The topological polar surface area (TPSA) is 122 Å². The maximum Gasteiger partial charge on any atom is 0.404 e. The minimum absolute atomic E-state index is 0.157. The van der Waals surface area contributed by atoms with E-state index in [1.165, 1.54) is 0 Å². The summed E-state index contributed by atoms with van der Waals surface area (Å²) in [4.78, 5) is 37.5. The van der Waals surface area contributed by atoms with Crippen molar-refractivity contribution in [2.24, 2.45) is 0 Å². The molecule has 2 amide bonds. The van der Waals surface area contributed by atoms with Gasteiger partial charge in [0.05, 0.1) is 28.7 Å². The lowest BCUT2D eigenvalue weighted by Crippen LogP contribution is -2.25. The van der Waals surface area contributed by atoms with E-state index in [1.807, 2.05) is 71.4 Å². The molecule has 0 fully saturated rings. The number of rotatable bonds is 9. The summed E-state index contributed by atoms with van der Waals surface area (Å²) in [6, 6.07) is 22.7. The molecule has 0 aliphatic heterocycles. The summed E-state index contributed by atoms with van der Waals surface area (Å²) in [6.45, 7) is 1.55. The summed E-state index contributed by atoms with van der Waals surface area (Å²) in [6.07, 6.45) is 5.12. The van der Waals surface area contributed by atoms with Crippen molar-refractivity contribution < 1.29 is 14.7 Å². The number of carbonyl (C=O) groups is 2. The van der Waals surface area contributed by atoms with Crippen molar-refractivity contribution in [2.45, 2.75) is 19.5 Å². The van der Waals surface area contributed by atoms with Gasteiger partial charge in [-0.25, -0.2) is 19.7 Å². The number of carbonyl (C=O) groups excluding carboxylic acids is 1. The van der Waals surface area contributed by atoms with Gasteiger partial charge in [0.15, 0.2) is 0 Å². The number of benzene rings is 3. The zero-order valence-electron chi connectivity index (χ0n) is 20.5. The van der Waals surface area contributed by atoms with Gasteiger partial charge < -0.3 is 20.3 Å². The van der Waals surface area contributed by atoms with Gasteiger partial charge in [-0.1, -0.05) is 54.6 Å². The lowest BCUT2D eigenvalue weighted by Gasteiger charge is -2.12. The molecule has 190 valence electrons. The molecule has 38 heavy (non-hydrogen) atoms. The normalized spacial score (nSPS) is 10.8. The van der Waals surface area contributed by atoms with Gasteiger partial charge in [-0.3, -0.25) is 4.79 Å². The second-order valence-corrected chi connectivity index (χ2v) is 8.76. The van der Waals surface area contributed by atoms with Crippen molar-refractivity contribution >= 4 is 23.0 Å². The molecule has 2 heterocycles. The Labute approximate surface area is 219 Å². The number of imidazole rings is 1. The van der Waals surface area contributed by atoms with Crippen LogP contribution in [0.25, 0.3) is 33.5 Å². The van der Waals surface area contributed by atoms with E-state index in [0.717, 1.165) is 29.7 Å². The summed E-state index contributed by atoms with van der Waals surface area (Å²) in [5.74, 6) is -0.157. The predicted octanol–water partition coefficient (Wildman–Crippen LogP) is 4.75. The molecule has 0 aliphatic carbocycles. The van der Waals surface area contributed by atoms with Crippen LogP contribution in [0.5, 0.6) is 0 Å². The van der Waals surface area contributed by atoms with Crippen LogP contribution in [0.3, 0.4) is 0 Å². The van der Waals surface area contributed by atoms with Crippen molar-refractivity contribution in [3.8, 4) is 22.5 Å². The number of fused-ring (bicyclic) bond motifs is 1. The molecule has 0 saturated heterocycles. The Kier molecular flexibility index (Phi) is 7.35. The van der Waals surface area contributed by atoms with Crippen molar-refractivity contribution in [1.29, 1.82) is 0 Å². The zero-order valence-corrected chi connectivity index (χ0v) is 20.5. The van der Waals surface area contributed by atoms with Gasteiger partial charge in [0, 0.05) is 48.7 Å². The number of nitrogens with one attached hydrogen (secondary N) is 2. The molecule has 0 aliphatic rings. The van der Waals surface area contributed by atoms with Crippen LogP contribution >= 0.6 is 0 Å². The minimum Gasteiger partial charge on any atom is -0.465 e. The highest BCUT2D eigenvalue weighted by Crippen LogP contribution is 2.31. The van der Waals surface area contributed by atoms with Gasteiger partial charge in [0.2, 0.25) is 0 Å². The van der Waals surface area contributed by atoms with Gasteiger partial charge in [-0.2, -0.15) is 0 Å². The largest absolute Gasteiger partial charge is 0.465 e. The van der Waals surface area contributed by atoms with Crippen molar-refractivity contribution in [2.75, 3.05) is 6.54 Å². The molecule has 0 saturated carbocycles. The highest BCUT2D eigenvalue weighted by Gasteiger charge is 2.15. The predicted molar refractivity (Wildman–Crippen MR) is 144 cm³/mol. The summed E-state index contributed by atoms with van der Waals surface area (Å²) < 4.78 is 1.97. The second-order valence-electron chi connectivity index (χ2n) is 8.76. The Hall–Kier alpha value is -5.05. The van der Waals surface area contributed by atoms with Crippen LogP contribution in [0.2, 0.25) is 0 Å². The molecule has 5 rings (SSSR count). The Balaban J connectivity index is 1.41. The number of aryl methyl sites for hydroxylation is 1. The first-order valence-electron chi connectivity index (χ1n) is 12.2. The zero-order chi connectivity index (χ0) is 26.3. The van der Waals surface area contributed by atoms with Crippen LogP contribution in [0.1, 0.15) is 22.3 Å². The van der Waals surface area contributed by atoms with Crippen LogP contribution in [0.4, 0.5) is 4.79 Å². The molecule has 9 heteroatoms. The molecular weight excluding hydrogens is 480 g/mol. The molecule has 3 N–H and O–H groups in total. The molecule has 2 aromatic heterocycles. The van der Waals surface area contributed by atoms with Gasteiger partial charge in [0.1, 0.15) is 0 Å². The number of nitrogens with zero attached hydrogens (tertiary/aromatic N) is 4. The summed E-state index contributed by atoms with van der Waals surface area (Å²) >= 11 is 0. The monoisotopic (exact) mass is 506 g/mol. The summed E-state index contributed by atoms with van der Waals surface area (Å²) in [7, 11) is 0. The second kappa shape index (κ2) is 11.3. The average Bonchev–Trinajstić information content (AvgIpc) is 3.47. The van der Waals surface area contributed by atoms with Crippen molar-refractivity contribution in [3.05, 3.63) is 103 Å². The van der Waals surface area contributed by atoms with Crippen LogP contribution in [-0.4, -0.2) is 43.2 Å². The summed E-state index contributed by atoms with van der Waals surface area (Å²) in [5, 5.41) is 14.2. The van der Waals surface area contributed by atoms with Crippen LogP contribution in [0.15, 0.2) is 91.5 Å². The van der Waals surface area contributed by atoms with E-state index in [9.17, 15) is 9.59 Å². The Morgan fingerprint density at radius 1 is 0.842 bits per heavy atom. The van der Waals surface area contributed by atoms with Crippen LogP contribution in [-0.2, 0) is 13.1 Å². The molecule has 0 atom stereocenters. The number of hydrogen-bond donors (Lipinski definition) is 3. The lowest BCUT2D eigenvalue weighted by atomic mass is 10.0. The molecule has 0 bridgehead atoms. The minimum atomic E-state index is -1.07. The quantitative estimate of drug-likeness (QED) is 0.248. The molecule has 5 aromatic rings. The molecular formula is C29H26N6O3. The molecule has 0 radical (unpaired) electrons. The van der Waals surface area contributed by atoms with Gasteiger partial charge in [-0.15, -0.1) is 0 Å². The number of amides is 2. The van der Waals surface area contributed by atoms with Crippen LogP contribution < -0.4 is 10.6 Å². The third-order valence-electron chi connectivity index (χ3n) is 6.08. The first-order chi connectivity index (χ1) is 18.6. The Morgan fingerprint density at radius 2 is 1.58 bits per heavy atom. The molecule has 0 unspecified atom stereocenters. The van der Waals surface area contributed by atoms with E-state index in [2.05, 4.69) is 15.6 Å². The van der Waals surface area contributed by atoms with Crippen molar-refractivity contribution in [1.82, 2.24) is 30.2 Å². The Bertz CT molecular complexity index is 1550. The Morgan fingerprint density at radius 3 is 2.29 bits per heavy atom. The average molecular weight is 507 g/mol. The van der Waals surface area contributed by atoms with E-state index < -0.39 is 6.09 Å². The van der Waals surface area contributed by atoms with E-state index in [-0.39, 0.29) is 12.5 Å². The lowest BCUT2D eigenvalue weighted by molar-refractivity contribution is 0.0952. The third kappa shape index (κ3) is 5.84. The fourth-order valence-electron chi connectivity index (χ4n) is 4.14. The number of carboxylic acid groups (broad SMARTS) is 1. The standard InChI is InChI=1S/C29H26N6O3/c36-28(31-13-4-15-35-16-14-30-19-35)23-11-12-24-25(17-23)34-26(21-5-2-1-3-6-21)27(33-24)22-9-7-20(8-10-22)18-32-29(37)38/h1-3,5-12,14,16-17,19,32H,4,13,15,18H2,(H,31,36)(H,37,38). The van der Waals surface area contributed by atoms with Gasteiger partial charge in [0.25, 0.3) is 5.91 Å².